The van der Waals surface area contributed by atoms with E-state index in [0.29, 0.717) is 25.7 Å². The van der Waals surface area contributed by atoms with Crippen molar-refractivity contribution in [3.05, 3.63) is 29.3 Å². The highest BCUT2D eigenvalue weighted by atomic mass is 32.2. The summed E-state index contributed by atoms with van der Waals surface area (Å²) < 4.78 is 126. The predicted molar refractivity (Wildman–Crippen MR) is 156 cm³/mol. The summed E-state index contributed by atoms with van der Waals surface area (Å²) in [7, 11) is -1.58. The van der Waals surface area contributed by atoms with Gasteiger partial charge in [-0.1, -0.05) is 13.0 Å². The lowest BCUT2D eigenvalue weighted by Gasteiger charge is -2.51. The highest BCUT2D eigenvalue weighted by Crippen LogP contribution is 2.61. The number of hydrogen-bond acceptors (Lipinski definition) is 5. The summed E-state index contributed by atoms with van der Waals surface area (Å²) >= 11 is 0. The Hall–Kier alpha value is -2.29. The van der Waals surface area contributed by atoms with Crippen LogP contribution in [0.25, 0.3) is 0 Å². The maximum absolute atomic E-state index is 13.2. The zero-order valence-electron chi connectivity index (χ0n) is 25.9. The third-order valence-corrected chi connectivity index (χ3v) is 12.2. The minimum Gasteiger partial charge on any atom is -0.410 e. The van der Waals surface area contributed by atoms with E-state index in [1.807, 2.05) is 13.0 Å². The molecule has 1 amide bonds. The molecule has 3 aliphatic carbocycles. The Morgan fingerprint density at radius 1 is 1.09 bits per heavy atom. The van der Waals surface area contributed by atoms with E-state index in [0.717, 1.165) is 35.3 Å². The lowest BCUT2D eigenvalue weighted by molar-refractivity contribution is -0.284. The number of halogens is 8. The molecule has 47 heavy (non-hydrogen) atoms. The lowest BCUT2D eigenvalue weighted by Crippen LogP contribution is -2.51. The van der Waals surface area contributed by atoms with Gasteiger partial charge in [0.25, 0.3) is 0 Å². The number of ether oxygens (including phenoxy) is 2. The molecule has 1 aromatic rings. The first-order chi connectivity index (χ1) is 21.9. The fraction of sp³-hybridized carbons (Fsp3) is 0.750. The Morgan fingerprint density at radius 3 is 2.51 bits per heavy atom. The Balaban J connectivity index is 1.27. The van der Waals surface area contributed by atoms with Gasteiger partial charge < -0.3 is 14.4 Å². The number of rotatable bonds is 9. The minimum absolute atomic E-state index is 0.0484. The lowest BCUT2D eigenvalue weighted by atomic mass is 9.52. The topological polar surface area (TPSA) is 72.9 Å². The molecule has 1 aromatic carbocycles. The van der Waals surface area contributed by atoms with E-state index < -0.39 is 66.1 Å². The highest BCUT2D eigenvalue weighted by molar-refractivity contribution is 7.84. The average Bonchev–Trinajstić information content (AvgIpc) is 3.29. The molecular weight excluding hydrogens is 662 g/mol. The smallest absolute Gasteiger partial charge is 0.410 e. The third kappa shape index (κ3) is 7.65. The van der Waals surface area contributed by atoms with Gasteiger partial charge in [-0.25, -0.2) is 4.79 Å². The van der Waals surface area contributed by atoms with Crippen LogP contribution in [0.4, 0.5) is 39.9 Å². The van der Waals surface area contributed by atoms with Crippen LogP contribution in [0.15, 0.2) is 18.2 Å². The molecule has 3 fully saturated rings. The van der Waals surface area contributed by atoms with Gasteiger partial charge in [0.15, 0.2) is 6.10 Å². The quantitative estimate of drug-likeness (QED) is 0.248. The first kappa shape index (κ1) is 36.0. The Morgan fingerprint density at radius 2 is 1.81 bits per heavy atom. The van der Waals surface area contributed by atoms with Crippen molar-refractivity contribution in [1.29, 1.82) is 0 Å². The molecule has 0 radical (unpaired) electrons. The van der Waals surface area contributed by atoms with E-state index in [1.165, 1.54) is 0 Å². The summed E-state index contributed by atoms with van der Waals surface area (Å²) in [4.78, 5) is 26.7. The summed E-state index contributed by atoms with van der Waals surface area (Å²) in [6, 6.07) is 5.24. The van der Waals surface area contributed by atoms with Crippen LogP contribution >= 0.6 is 0 Å². The predicted octanol–water partition coefficient (Wildman–Crippen LogP) is 7.61. The molecule has 7 atom stereocenters. The van der Waals surface area contributed by atoms with Crippen LogP contribution in [0.2, 0.25) is 0 Å². The van der Waals surface area contributed by atoms with E-state index in [9.17, 15) is 48.9 Å². The second kappa shape index (κ2) is 13.5. The summed E-state index contributed by atoms with van der Waals surface area (Å²) in [5.74, 6) is -4.05. The molecular formula is C32H39F8NO5S. The fourth-order valence-corrected chi connectivity index (χ4v) is 9.43. The van der Waals surface area contributed by atoms with Crippen LogP contribution < -0.4 is 4.74 Å². The zero-order chi connectivity index (χ0) is 34.4. The van der Waals surface area contributed by atoms with Crippen LogP contribution in [0.3, 0.4) is 0 Å². The second-order valence-electron chi connectivity index (χ2n) is 13.5. The molecule has 4 aliphatic rings. The number of amides is 1. The molecule has 2 unspecified atom stereocenters. The SMILES string of the molecule is C[C@]12CC[C@@H]3c4ccc(OC(=O)N5CCOC(C(F)(F)F)C5)cc4C[C@@H](CCCS(=O)CCCC(F)(F)C(F)(F)F)[C@H]3[C@@H]1CCC2=O. The maximum atomic E-state index is 13.2. The van der Waals surface area contributed by atoms with E-state index in [2.05, 4.69) is 0 Å². The van der Waals surface area contributed by atoms with Gasteiger partial charge in [0.1, 0.15) is 11.5 Å². The van der Waals surface area contributed by atoms with Crippen LogP contribution in [0, 0.1) is 23.2 Å². The van der Waals surface area contributed by atoms with Crippen molar-refractivity contribution in [3.8, 4) is 5.75 Å². The third-order valence-electron chi connectivity index (χ3n) is 10.7. The van der Waals surface area contributed by atoms with E-state index in [1.54, 1.807) is 12.1 Å². The molecule has 1 saturated heterocycles. The minimum atomic E-state index is -5.64. The van der Waals surface area contributed by atoms with Gasteiger partial charge >= 0.3 is 24.4 Å². The molecule has 5 rings (SSSR count). The van der Waals surface area contributed by atoms with Crippen molar-refractivity contribution in [3.63, 3.8) is 0 Å². The van der Waals surface area contributed by atoms with Gasteiger partial charge in [0.2, 0.25) is 0 Å². The first-order valence-corrected chi connectivity index (χ1v) is 17.5. The normalized spacial score (nSPS) is 30.4. The molecule has 2 saturated carbocycles. The summed E-state index contributed by atoms with van der Waals surface area (Å²) in [5.41, 5.74) is 1.55. The Labute approximate surface area is 270 Å². The summed E-state index contributed by atoms with van der Waals surface area (Å²) in [6.45, 7) is 1.03. The van der Waals surface area contributed by atoms with Crippen LogP contribution in [-0.4, -0.2) is 76.6 Å². The Bertz CT molecular complexity index is 1350. The molecule has 15 heteroatoms. The number of Topliss-reactive ketones (excluding diaryl/α,β-unsaturated/α-hetero) is 1. The van der Waals surface area contributed by atoms with Crippen LogP contribution in [0.5, 0.6) is 5.75 Å². The number of alkyl halides is 8. The number of carbonyl (C=O) groups is 2. The number of ketones is 1. The zero-order valence-corrected chi connectivity index (χ0v) is 26.8. The monoisotopic (exact) mass is 701 g/mol. The largest absolute Gasteiger partial charge is 0.453 e. The van der Waals surface area contributed by atoms with E-state index >= 15 is 0 Å². The number of benzene rings is 1. The molecule has 0 spiro atoms. The number of morpholine rings is 1. The summed E-state index contributed by atoms with van der Waals surface area (Å²) in [5, 5.41) is 0. The van der Waals surface area contributed by atoms with Gasteiger partial charge in [-0.2, -0.15) is 35.1 Å². The number of carbonyl (C=O) groups excluding carboxylic acids is 2. The molecule has 0 aromatic heterocycles. The summed E-state index contributed by atoms with van der Waals surface area (Å²) in [6.07, 6.45) is -10.9. The van der Waals surface area contributed by atoms with E-state index in [-0.39, 0.29) is 59.9 Å². The van der Waals surface area contributed by atoms with Crippen LogP contribution in [0.1, 0.15) is 75.3 Å². The Kier molecular flexibility index (Phi) is 10.4. The molecule has 6 nitrogen and oxygen atoms in total. The van der Waals surface area contributed by atoms with Crippen molar-refractivity contribution in [2.45, 2.75) is 95.0 Å². The molecule has 0 bridgehead atoms. The van der Waals surface area contributed by atoms with E-state index in [4.69, 9.17) is 9.47 Å². The number of fused-ring (bicyclic) bond motifs is 5. The van der Waals surface area contributed by atoms with Gasteiger partial charge in [0, 0.05) is 47.1 Å². The molecule has 264 valence electrons. The van der Waals surface area contributed by atoms with Gasteiger partial charge in [-0.3, -0.25) is 9.00 Å². The number of nitrogens with zero attached hydrogens (tertiary/aromatic N) is 1. The van der Waals surface area contributed by atoms with Gasteiger partial charge in [-0.15, -0.1) is 0 Å². The molecule has 1 aliphatic heterocycles. The van der Waals surface area contributed by atoms with Crippen molar-refractivity contribution in [2.24, 2.45) is 23.2 Å². The maximum Gasteiger partial charge on any atom is 0.453 e. The van der Waals surface area contributed by atoms with Crippen LogP contribution in [-0.2, 0) is 26.8 Å². The van der Waals surface area contributed by atoms with Crippen molar-refractivity contribution in [1.82, 2.24) is 4.90 Å². The van der Waals surface area contributed by atoms with Gasteiger partial charge in [-0.05, 0) is 91.9 Å². The van der Waals surface area contributed by atoms with Crippen molar-refractivity contribution < 1.29 is 58.4 Å². The standard InChI is InChI=1S/C32H39F8NO5S/c1-29-11-9-23-22-6-5-21(46-28(43)41-12-13-45-26(18-41)31(35,36)37)17-20(22)16-19(27(23)24(29)7-8-25(29)42)4-2-14-47(44)15-3-10-30(33,34)32(38,39)40/h5-6,17,19,23-24,26-27H,2-4,7-16,18H2,1H3/t19-,23-,24+,26?,27-,29+,47?/m1/s1. The average molecular weight is 702 g/mol. The first-order valence-electron chi connectivity index (χ1n) is 16.0. The molecule has 0 N–H and O–H groups in total. The molecule has 1 heterocycles. The number of hydrogen-bond donors (Lipinski definition) is 0. The fourth-order valence-electron chi connectivity index (χ4n) is 8.27. The van der Waals surface area contributed by atoms with Crippen molar-refractivity contribution in [2.75, 3.05) is 31.2 Å². The highest BCUT2D eigenvalue weighted by Gasteiger charge is 2.57. The van der Waals surface area contributed by atoms with Crippen molar-refractivity contribution >= 4 is 22.7 Å². The van der Waals surface area contributed by atoms with Gasteiger partial charge in [0.05, 0.1) is 13.2 Å². The second-order valence-corrected chi connectivity index (χ2v) is 15.2.